The Hall–Kier alpha value is -2.54. The lowest BCUT2D eigenvalue weighted by Gasteiger charge is -2.36. The Balaban J connectivity index is 1.32. The van der Waals surface area contributed by atoms with Gasteiger partial charge in [-0.05, 0) is 55.5 Å². The molecule has 0 unspecified atom stereocenters. The Morgan fingerprint density at radius 2 is 1.33 bits per heavy atom. The van der Waals surface area contributed by atoms with E-state index in [-0.39, 0.29) is 36.9 Å². The van der Waals surface area contributed by atoms with Crippen molar-refractivity contribution in [1.29, 1.82) is 0 Å². The zero-order valence-electron chi connectivity index (χ0n) is 24.1. The quantitative estimate of drug-likeness (QED) is 0.103. The molecule has 1 saturated heterocycles. The van der Waals surface area contributed by atoms with Crippen molar-refractivity contribution < 1.29 is 31.8 Å². The Morgan fingerprint density at radius 3 is 1.85 bits per heavy atom. The van der Waals surface area contributed by atoms with Crippen molar-refractivity contribution in [3.8, 4) is 5.75 Å². The van der Waals surface area contributed by atoms with Crippen LogP contribution < -0.4 is 4.18 Å². The number of aryl methyl sites for hydroxylation is 1. The average Bonchev–Trinajstić information content (AvgIpc) is 3.42. The average molecular weight is 812 g/mol. The van der Waals surface area contributed by atoms with E-state index in [1.54, 1.807) is 25.1 Å². The summed E-state index contributed by atoms with van der Waals surface area (Å²) in [5.74, 6) is -7.12. The number of halogens is 7. The van der Waals surface area contributed by atoms with Gasteiger partial charge in [0.15, 0.2) is 10.1 Å². The number of alkyl halides is 4. The SMILES string of the molecule is Cc1ccc(S(=O)(=O)Oc2ccc(C(=O)CN(C(=O)c3ccccc3Cl)N3C(=O)[C@H]4[C@H](C3=O)[C@@]3(Cl)C(Cl)=C(Cl)[C@@]4(Cl)C3(Cl)Cl)cc2)cc1. The van der Waals surface area contributed by atoms with Gasteiger partial charge in [-0.3, -0.25) is 19.2 Å². The number of Topliss-reactive ketones (excluding diaryl/α,β-unsaturated/α-hetero) is 1. The first-order valence-corrected chi connectivity index (χ1v) is 17.9. The number of fused-ring (bicyclic) bond motifs is 5. The third kappa shape index (κ3) is 4.98. The first kappa shape index (κ1) is 35.3. The Bertz CT molecular complexity index is 2010. The highest BCUT2D eigenvalue weighted by atomic mass is 35.5. The molecule has 1 aliphatic heterocycles. The highest BCUT2D eigenvalue weighted by Crippen LogP contribution is 2.77. The fourth-order valence-corrected chi connectivity index (χ4v) is 10.1. The molecule has 6 rings (SSSR count). The van der Waals surface area contributed by atoms with Crippen LogP contribution in [-0.4, -0.2) is 62.6 Å². The molecule has 0 radical (unpaired) electrons. The molecule has 4 atom stereocenters. The van der Waals surface area contributed by atoms with Gasteiger partial charge in [0.05, 0.1) is 32.5 Å². The highest BCUT2D eigenvalue weighted by molar-refractivity contribution is 7.87. The van der Waals surface area contributed by atoms with Crippen LogP contribution in [-0.2, 0) is 19.7 Å². The van der Waals surface area contributed by atoms with Gasteiger partial charge in [0.2, 0.25) is 0 Å². The number of hydrogen-bond donors (Lipinski definition) is 0. The van der Waals surface area contributed by atoms with Crippen LogP contribution in [0.1, 0.15) is 26.3 Å². The minimum absolute atomic E-state index is 0.0256. The molecule has 2 aliphatic carbocycles. The first-order valence-electron chi connectivity index (χ1n) is 13.8. The summed E-state index contributed by atoms with van der Waals surface area (Å²) in [5, 5.41) is 0.377. The molecule has 3 aromatic carbocycles. The van der Waals surface area contributed by atoms with Gasteiger partial charge in [0, 0.05) is 5.56 Å². The van der Waals surface area contributed by atoms with Gasteiger partial charge < -0.3 is 4.18 Å². The fourth-order valence-electron chi connectivity index (χ4n) is 6.03. The van der Waals surface area contributed by atoms with Gasteiger partial charge in [-0.2, -0.15) is 13.4 Å². The predicted octanol–water partition coefficient (Wildman–Crippen LogP) is 7.10. The van der Waals surface area contributed by atoms with E-state index >= 15 is 0 Å². The van der Waals surface area contributed by atoms with Gasteiger partial charge in [0.25, 0.3) is 17.7 Å². The number of rotatable bonds is 8. The van der Waals surface area contributed by atoms with E-state index in [4.69, 9.17) is 85.4 Å². The molecule has 2 fully saturated rings. The van der Waals surface area contributed by atoms with Crippen molar-refractivity contribution in [3.05, 3.63) is 105 Å². The second-order valence-electron chi connectivity index (χ2n) is 11.2. The number of ketones is 1. The first-order chi connectivity index (χ1) is 22.4. The summed E-state index contributed by atoms with van der Waals surface area (Å²) in [4.78, 5) is 51.4. The number of allylic oxidation sites excluding steroid dienone is 2. The van der Waals surface area contributed by atoms with Crippen LogP contribution in [0.3, 0.4) is 0 Å². The fraction of sp³-hybridized carbons (Fsp3) is 0.226. The normalized spacial score (nSPS) is 25.8. The van der Waals surface area contributed by atoms with Crippen molar-refractivity contribution in [2.75, 3.05) is 6.54 Å². The van der Waals surface area contributed by atoms with E-state index in [1.165, 1.54) is 54.6 Å². The molecule has 0 aromatic heterocycles. The maximum Gasteiger partial charge on any atom is 0.339 e. The van der Waals surface area contributed by atoms with Crippen LogP contribution in [0.15, 0.2) is 87.8 Å². The van der Waals surface area contributed by atoms with Gasteiger partial charge in [-0.1, -0.05) is 87.8 Å². The predicted molar refractivity (Wildman–Crippen MR) is 181 cm³/mol. The third-order valence-corrected chi connectivity index (χ3v) is 14.3. The van der Waals surface area contributed by atoms with Crippen LogP contribution in [0.4, 0.5) is 0 Å². The number of nitrogens with zero attached hydrogens (tertiary/aromatic N) is 2. The minimum atomic E-state index is -4.18. The third-order valence-electron chi connectivity index (χ3n) is 8.45. The van der Waals surface area contributed by atoms with E-state index in [2.05, 4.69) is 0 Å². The summed E-state index contributed by atoms with van der Waals surface area (Å²) in [5.41, 5.74) is 0.686. The van der Waals surface area contributed by atoms with Crippen molar-refractivity contribution >= 4 is 115 Å². The molecule has 48 heavy (non-hydrogen) atoms. The standard InChI is InChI=1S/C31H19Cl7N2O7S/c1-15-6-12-18(13-7-15)48(45,46)47-17-10-8-16(9-11-17)21(41)14-39(26(42)19-4-2-3-5-20(19)32)40-27(43)22-23(28(40)44)30(36)25(34)24(33)29(22,35)31(30,37)38/h2-13,22-23H,14H2,1H3/t22-,23-,29-,30-/m1/s1. The van der Waals surface area contributed by atoms with Crippen LogP contribution >= 0.6 is 81.2 Å². The van der Waals surface area contributed by atoms with Gasteiger partial charge >= 0.3 is 10.1 Å². The second kappa shape index (κ2) is 12.1. The molecule has 250 valence electrons. The van der Waals surface area contributed by atoms with E-state index in [0.717, 1.165) is 5.56 Å². The lowest BCUT2D eigenvalue weighted by Crippen LogP contribution is -2.56. The molecule has 1 heterocycles. The number of carbonyl (C=O) groups excluding carboxylic acids is 4. The second-order valence-corrected chi connectivity index (χ2v) is 16.4. The van der Waals surface area contributed by atoms with Crippen molar-refractivity contribution in [2.24, 2.45) is 11.8 Å². The number of imide groups is 1. The molecule has 9 nitrogen and oxygen atoms in total. The van der Waals surface area contributed by atoms with Crippen LogP contribution in [0, 0.1) is 18.8 Å². The van der Waals surface area contributed by atoms with Crippen molar-refractivity contribution in [1.82, 2.24) is 10.0 Å². The molecular formula is C31H19Cl7N2O7S. The van der Waals surface area contributed by atoms with E-state index in [0.29, 0.717) is 10.0 Å². The summed E-state index contributed by atoms with van der Waals surface area (Å²) in [6.07, 6.45) is 0. The summed E-state index contributed by atoms with van der Waals surface area (Å²) in [7, 11) is -4.18. The van der Waals surface area contributed by atoms with Gasteiger partial charge in [0.1, 0.15) is 26.9 Å². The van der Waals surface area contributed by atoms with Crippen LogP contribution in [0.5, 0.6) is 5.75 Å². The monoisotopic (exact) mass is 808 g/mol. The molecule has 1 saturated carbocycles. The Morgan fingerprint density at radius 1 is 0.812 bits per heavy atom. The molecule has 17 heteroatoms. The lowest BCUT2D eigenvalue weighted by molar-refractivity contribution is -0.154. The number of carbonyl (C=O) groups is 4. The Kier molecular flexibility index (Phi) is 8.86. The largest absolute Gasteiger partial charge is 0.379 e. The molecular weight excluding hydrogens is 793 g/mol. The zero-order chi connectivity index (χ0) is 35.1. The van der Waals surface area contributed by atoms with Gasteiger partial charge in [-0.15, -0.1) is 23.2 Å². The molecule has 3 aromatic rings. The number of hydrazine groups is 1. The highest BCUT2D eigenvalue weighted by Gasteiger charge is 2.88. The zero-order valence-corrected chi connectivity index (χ0v) is 30.2. The molecule has 2 bridgehead atoms. The maximum atomic E-state index is 14.1. The topological polar surface area (TPSA) is 118 Å². The van der Waals surface area contributed by atoms with Crippen molar-refractivity contribution in [2.45, 2.75) is 25.9 Å². The summed E-state index contributed by atoms with van der Waals surface area (Å²) in [6, 6.07) is 16.8. The molecule has 3 amide bonds. The van der Waals surface area contributed by atoms with E-state index in [9.17, 15) is 27.6 Å². The number of amides is 3. The van der Waals surface area contributed by atoms with E-state index < -0.39 is 66.1 Å². The smallest absolute Gasteiger partial charge is 0.339 e. The maximum absolute atomic E-state index is 14.1. The van der Waals surface area contributed by atoms with E-state index in [1.807, 2.05) is 0 Å². The Labute approximate surface area is 309 Å². The van der Waals surface area contributed by atoms with Crippen LogP contribution in [0.25, 0.3) is 0 Å². The summed E-state index contributed by atoms with van der Waals surface area (Å²) < 4.78 is 28.4. The molecule has 0 spiro atoms. The van der Waals surface area contributed by atoms with Crippen molar-refractivity contribution in [3.63, 3.8) is 0 Å². The minimum Gasteiger partial charge on any atom is -0.379 e. The molecule has 0 N–H and O–H groups in total. The summed E-state index contributed by atoms with van der Waals surface area (Å²) in [6.45, 7) is 0.936. The summed E-state index contributed by atoms with van der Waals surface area (Å²) >= 11 is 45.9. The van der Waals surface area contributed by atoms with Gasteiger partial charge in [-0.25, -0.2) is 5.01 Å². The molecule has 3 aliphatic rings. The van der Waals surface area contributed by atoms with Crippen LogP contribution in [0.2, 0.25) is 5.02 Å². The number of hydrogen-bond acceptors (Lipinski definition) is 7. The lowest BCUT2D eigenvalue weighted by atomic mass is 9.84. The number of benzene rings is 3.